The molecule has 3 rings (SSSR count). The third-order valence-electron chi connectivity index (χ3n) is 4.47. The molecule has 34 heavy (non-hydrogen) atoms. The van der Waals surface area contributed by atoms with Gasteiger partial charge >= 0.3 is 11.8 Å². The molecule has 10 heteroatoms. The van der Waals surface area contributed by atoms with Crippen molar-refractivity contribution in [3.05, 3.63) is 87.9 Å². The van der Waals surface area contributed by atoms with E-state index in [1.807, 2.05) is 25.1 Å². The summed E-state index contributed by atoms with van der Waals surface area (Å²) in [6.07, 6.45) is 1.30. The predicted octanol–water partition coefficient (Wildman–Crippen LogP) is 4.41. The minimum Gasteiger partial charge on any atom is -0.483 e. The van der Waals surface area contributed by atoms with Crippen LogP contribution in [0, 0.1) is 6.92 Å². The van der Waals surface area contributed by atoms with Gasteiger partial charge in [-0.3, -0.25) is 14.4 Å². The van der Waals surface area contributed by atoms with E-state index in [2.05, 4.69) is 21.2 Å². The van der Waals surface area contributed by atoms with Crippen LogP contribution in [0.5, 0.6) is 5.75 Å². The summed E-state index contributed by atoms with van der Waals surface area (Å²) in [4.78, 5) is 36.3. The number of carbonyl (C=O) groups excluding carboxylic acids is 3. The fourth-order valence-corrected chi connectivity index (χ4v) is 3.10. The van der Waals surface area contributed by atoms with Crippen LogP contribution < -0.4 is 20.8 Å². The second-order valence-electron chi connectivity index (χ2n) is 6.94. The van der Waals surface area contributed by atoms with Gasteiger partial charge in [0.15, 0.2) is 6.61 Å². The zero-order chi connectivity index (χ0) is 24.5. The molecule has 0 atom stereocenters. The van der Waals surface area contributed by atoms with Crippen molar-refractivity contribution in [2.45, 2.75) is 6.92 Å². The van der Waals surface area contributed by atoms with Gasteiger partial charge in [0.2, 0.25) is 0 Å². The van der Waals surface area contributed by atoms with Crippen molar-refractivity contribution in [2.24, 2.45) is 5.10 Å². The molecule has 0 heterocycles. The van der Waals surface area contributed by atoms with E-state index in [1.165, 1.54) is 12.3 Å². The highest BCUT2D eigenvalue weighted by molar-refractivity contribution is 6.45. The van der Waals surface area contributed by atoms with E-state index in [9.17, 15) is 14.4 Å². The molecule has 3 N–H and O–H groups in total. The molecule has 0 saturated heterocycles. The predicted molar refractivity (Wildman–Crippen MR) is 133 cm³/mol. The Morgan fingerprint density at radius 2 is 1.59 bits per heavy atom. The Kier molecular flexibility index (Phi) is 8.61. The highest BCUT2D eigenvalue weighted by Crippen LogP contribution is 2.29. The maximum absolute atomic E-state index is 12.2. The molecule has 0 saturated carbocycles. The molecule has 0 radical (unpaired) electrons. The number of amides is 3. The van der Waals surface area contributed by atoms with Gasteiger partial charge in [-0.15, -0.1) is 0 Å². The highest BCUT2D eigenvalue weighted by atomic mass is 35.5. The summed E-state index contributed by atoms with van der Waals surface area (Å²) in [5.41, 5.74) is 4.44. The summed E-state index contributed by atoms with van der Waals surface area (Å²) >= 11 is 11.9. The van der Waals surface area contributed by atoms with Crippen LogP contribution in [0.2, 0.25) is 10.0 Å². The van der Waals surface area contributed by atoms with Crippen molar-refractivity contribution in [2.75, 3.05) is 17.2 Å². The minimum absolute atomic E-state index is 0.117. The third kappa shape index (κ3) is 6.81. The Morgan fingerprint density at radius 3 is 2.38 bits per heavy atom. The van der Waals surface area contributed by atoms with Crippen molar-refractivity contribution in [1.82, 2.24) is 5.43 Å². The number of nitrogens with zero attached hydrogens (tertiary/aromatic N) is 1. The molecule has 3 aromatic carbocycles. The number of rotatable bonds is 7. The van der Waals surface area contributed by atoms with Gasteiger partial charge in [-0.25, -0.2) is 5.43 Å². The van der Waals surface area contributed by atoms with E-state index < -0.39 is 11.8 Å². The van der Waals surface area contributed by atoms with Gasteiger partial charge in [0.05, 0.1) is 21.9 Å². The Bertz CT molecular complexity index is 1250. The first-order valence-electron chi connectivity index (χ1n) is 10.0. The van der Waals surface area contributed by atoms with Gasteiger partial charge in [0, 0.05) is 11.3 Å². The lowest BCUT2D eigenvalue weighted by Gasteiger charge is -2.11. The zero-order valence-corrected chi connectivity index (χ0v) is 19.5. The average molecular weight is 499 g/mol. The standard InChI is InChI=1S/C24H20Cl2N4O4/c1-15-7-2-4-10-18(15)28-21(31)14-34-20-12-5-3-8-16(20)13-27-30-24(33)23(32)29-19-11-6-9-17(25)22(19)26/h2-13H,14H2,1H3,(H,28,31)(H,29,32)(H,30,33)/b27-13-. The molecule has 3 aromatic rings. The normalized spacial score (nSPS) is 10.6. The number of anilines is 2. The van der Waals surface area contributed by atoms with Gasteiger partial charge in [-0.1, -0.05) is 59.6 Å². The lowest BCUT2D eigenvalue weighted by molar-refractivity contribution is -0.136. The monoisotopic (exact) mass is 498 g/mol. The van der Waals surface area contributed by atoms with Gasteiger partial charge in [-0.05, 0) is 42.8 Å². The fourth-order valence-electron chi connectivity index (χ4n) is 2.75. The Balaban J connectivity index is 1.55. The first-order chi connectivity index (χ1) is 16.3. The number of nitrogens with one attached hydrogen (secondary N) is 3. The summed E-state index contributed by atoms with van der Waals surface area (Å²) < 4.78 is 5.60. The van der Waals surface area contributed by atoms with Crippen LogP contribution in [0.3, 0.4) is 0 Å². The topological polar surface area (TPSA) is 109 Å². The van der Waals surface area contributed by atoms with Crippen LogP contribution in [0.4, 0.5) is 11.4 Å². The number of hydrazone groups is 1. The van der Waals surface area contributed by atoms with Gasteiger partial charge in [0.25, 0.3) is 5.91 Å². The molecular weight excluding hydrogens is 479 g/mol. The molecule has 0 aliphatic carbocycles. The number of ether oxygens (including phenoxy) is 1. The average Bonchev–Trinajstić information content (AvgIpc) is 2.82. The van der Waals surface area contributed by atoms with Crippen LogP contribution in [0.15, 0.2) is 71.8 Å². The summed E-state index contributed by atoms with van der Waals surface area (Å²) in [6, 6.07) is 18.8. The smallest absolute Gasteiger partial charge is 0.329 e. The summed E-state index contributed by atoms with van der Waals surface area (Å²) in [5.74, 6) is -1.94. The number of hydrogen-bond acceptors (Lipinski definition) is 5. The SMILES string of the molecule is Cc1ccccc1NC(=O)COc1ccccc1/C=N\NC(=O)C(=O)Nc1cccc(Cl)c1Cl. The fraction of sp³-hybridized carbons (Fsp3) is 0.0833. The highest BCUT2D eigenvalue weighted by Gasteiger charge is 2.15. The van der Waals surface area contributed by atoms with Gasteiger partial charge < -0.3 is 15.4 Å². The Morgan fingerprint density at radius 1 is 0.882 bits per heavy atom. The maximum Gasteiger partial charge on any atom is 0.329 e. The number of aryl methyl sites for hydroxylation is 1. The van der Waals surface area contributed by atoms with Crippen molar-refractivity contribution in [3.8, 4) is 5.75 Å². The van der Waals surface area contributed by atoms with Crippen molar-refractivity contribution in [3.63, 3.8) is 0 Å². The Hall–Kier alpha value is -3.88. The number of benzene rings is 3. The molecule has 0 aliphatic heterocycles. The van der Waals surface area contributed by atoms with Crippen LogP contribution in [-0.2, 0) is 14.4 Å². The molecule has 0 unspecified atom stereocenters. The molecular formula is C24H20Cl2N4O4. The molecule has 0 aromatic heterocycles. The molecule has 8 nitrogen and oxygen atoms in total. The Labute approximate surface area is 205 Å². The molecule has 174 valence electrons. The maximum atomic E-state index is 12.2. The van der Waals surface area contributed by atoms with Crippen LogP contribution in [0.25, 0.3) is 0 Å². The van der Waals surface area contributed by atoms with E-state index in [1.54, 1.807) is 42.5 Å². The summed E-state index contributed by atoms with van der Waals surface area (Å²) in [5, 5.41) is 9.28. The largest absolute Gasteiger partial charge is 0.483 e. The molecule has 3 amide bonds. The summed E-state index contributed by atoms with van der Waals surface area (Å²) in [7, 11) is 0. The van der Waals surface area contributed by atoms with E-state index in [4.69, 9.17) is 27.9 Å². The van der Waals surface area contributed by atoms with Crippen molar-refractivity contribution in [1.29, 1.82) is 0 Å². The molecule has 0 spiro atoms. The first-order valence-corrected chi connectivity index (χ1v) is 10.8. The minimum atomic E-state index is -1.01. The molecule has 0 aliphatic rings. The number of hydrogen-bond donors (Lipinski definition) is 3. The van der Waals surface area contributed by atoms with Crippen molar-refractivity contribution < 1.29 is 19.1 Å². The van der Waals surface area contributed by atoms with Crippen molar-refractivity contribution >= 4 is 58.5 Å². The number of para-hydroxylation sites is 2. The number of carbonyl (C=O) groups is 3. The van der Waals surface area contributed by atoms with Crippen LogP contribution in [0.1, 0.15) is 11.1 Å². The third-order valence-corrected chi connectivity index (χ3v) is 5.29. The van der Waals surface area contributed by atoms with Crippen LogP contribution >= 0.6 is 23.2 Å². The second-order valence-corrected chi connectivity index (χ2v) is 7.73. The van der Waals surface area contributed by atoms with E-state index in [0.717, 1.165) is 5.56 Å². The number of halogens is 2. The van der Waals surface area contributed by atoms with E-state index in [0.29, 0.717) is 17.0 Å². The van der Waals surface area contributed by atoms with Gasteiger partial charge in [-0.2, -0.15) is 5.10 Å². The molecule has 0 bridgehead atoms. The summed E-state index contributed by atoms with van der Waals surface area (Å²) in [6.45, 7) is 1.66. The lowest BCUT2D eigenvalue weighted by Crippen LogP contribution is -2.32. The van der Waals surface area contributed by atoms with E-state index in [-0.39, 0.29) is 28.2 Å². The quantitative estimate of drug-likeness (QED) is 0.254. The van der Waals surface area contributed by atoms with Gasteiger partial charge in [0.1, 0.15) is 5.75 Å². The zero-order valence-electron chi connectivity index (χ0n) is 18.0. The first kappa shape index (κ1) is 24.8. The lowest BCUT2D eigenvalue weighted by atomic mass is 10.2. The second kappa shape index (κ2) is 11.8. The van der Waals surface area contributed by atoms with E-state index >= 15 is 0 Å². The van der Waals surface area contributed by atoms with Crippen LogP contribution in [-0.4, -0.2) is 30.5 Å². The molecule has 0 fully saturated rings.